The number of hydrogen-bond donors (Lipinski definition) is 4. The number of nitrogens with one attached hydrogen (secondary N) is 4. The Morgan fingerprint density at radius 2 is 1.09 bits per heavy atom. The molecule has 10 aromatic rings. The highest BCUT2D eigenvalue weighted by molar-refractivity contribution is 5.92. The Kier molecular flexibility index (Phi) is 11.0. The molecule has 0 saturated carbocycles. The van der Waals surface area contributed by atoms with E-state index in [4.69, 9.17) is 8.83 Å². The predicted octanol–water partition coefficient (Wildman–Crippen LogP) is 11.9. The summed E-state index contributed by atoms with van der Waals surface area (Å²) in [7, 11) is 0. The zero-order valence-corrected chi connectivity index (χ0v) is 34.7. The second-order valence-electron chi connectivity index (χ2n) is 15.7. The molecule has 4 heterocycles. The van der Waals surface area contributed by atoms with Gasteiger partial charge in [-0.2, -0.15) is 4.98 Å². The molecule has 4 N–H and O–H groups in total. The zero-order chi connectivity index (χ0) is 45.3. The number of para-hydroxylation sites is 2. The third-order valence-corrected chi connectivity index (χ3v) is 11.2. The number of fused-ring (bicyclic) bond motifs is 2. The highest BCUT2D eigenvalue weighted by Gasteiger charge is 2.23. The first-order chi connectivity index (χ1) is 32.1. The van der Waals surface area contributed by atoms with Gasteiger partial charge < -0.3 is 24.1 Å². The minimum Gasteiger partial charge on any atom is -0.438 e. The fraction of sp³-hybridized carbons (Fsp3) is 0.0769. The van der Waals surface area contributed by atoms with Crippen molar-refractivity contribution in [1.29, 1.82) is 0 Å². The molecule has 0 bridgehead atoms. The van der Waals surface area contributed by atoms with Crippen molar-refractivity contribution < 1.29 is 36.0 Å². The lowest BCUT2D eigenvalue weighted by atomic mass is 9.97. The molecule has 0 aliphatic carbocycles. The number of anilines is 1. The van der Waals surface area contributed by atoms with E-state index in [0.717, 1.165) is 32.9 Å². The molecule has 0 saturated heterocycles. The van der Waals surface area contributed by atoms with E-state index < -0.39 is 29.2 Å². The Morgan fingerprint density at radius 3 is 1.80 bits per heavy atom. The van der Waals surface area contributed by atoms with Crippen molar-refractivity contribution in [3.63, 3.8) is 0 Å². The van der Waals surface area contributed by atoms with Gasteiger partial charge in [-0.1, -0.05) is 60.7 Å². The minimum absolute atomic E-state index is 0.0559. The summed E-state index contributed by atoms with van der Waals surface area (Å²) < 4.78 is 73.0. The van der Waals surface area contributed by atoms with Crippen molar-refractivity contribution in [2.75, 3.05) is 5.32 Å². The third-order valence-electron chi connectivity index (χ3n) is 11.2. The number of rotatable bonds is 13. The van der Waals surface area contributed by atoms with E-state index in [0.29, 0.717) is 12.0 Å². The van der Waals surface area contributed by atoms with Crippen molar-refractivity contribution in [2.45, 2.75) is 25.8 Å². The Balaban J connectivity index is 0.958. The van der Waals surface area contributed by atoms with Gasteiger partial charge >= 0.3 is 6.01 Å². The van der Waals surface area contributed by atoms with Gasteiger partial charge in [-0.15, -0.1) is 0 Å². The predicted molar refractivity (Wildman–Crippen MR) is 243 cm³/mol. The first-order valence-corrected chi connectivity index (χ1v) is 20.9. The normalized spacial score (nSPS) is 11.4. The van der Waals surface area contributed by atoms with Crippen LogP contribution in [0.25, 0.3) is 78.1 Å². The molecule has 0 atom stereocenters. The Bertz CT molecular complexity index is 3460. The maximum atomic E-state index is 15.8. The lowest BCUT2D eigenvalue weighted by Crippen LogP contribution is -2.24. The molecule has 0 fully saturated rings. The quantitative estimate of drug-likeness (QED) is 0.0850. The van der Waals surface area contributed by atoms with Crippen LogP contribution in [0.1, 0.15) is 23.4 Å². The summed E-state index contributed by atoms with van der Waals surface area (Å²) in [6, 6.07) is 34.4. The number of nitrogens with zero attached hydrogens (tertiary/aromatic N) is 2. The van der Waals surface area contributed by atoms with E-state index in [1.165, 1.54) is 60.7 Å². The highest BCUT2D eigenvalue weighted by atomic mass is 19.1. The van der Waals surface area contributed by atoms with Crippen molar-refractivity contribution in [1.82, 2.24) is 25.3 Å². The molecule has 66 heavy (non-hydrogen) atoms. The fourth-order valence-corrected chi connectivity index (χ4v) is 8.10. The molecule has 0 aliphatic rings. The topological polar surface area (TPSA) is 142 Å². The Labute approximate surface area is 373 Å². The van der Waals surface area contributed by atoms with E-state index in [-0.39, 0.29) is 87.9 Å². The smallest absolute Gasteiger partial charge is 0.302 e. The maximum absolute atomic E-state index is 15.8. The maximum Gasteiger partial charge on any atom is 0.302 e. The summed E-state index contributed by atoms with van der Waals surface area (Å²) in [6.07, 6.45) is 4.23. The number of halogens is 4. The van der Waals surface area contributed by atoms with Gasteiger partial charge in [0.2, 0.25) is 17.7 Å². The number of hydrogen-bond acceptors (Lipinski definition) is 6. The molecule has 10 rings (SSSR count). The van der Waals surface area contributed by atoms with Crippen LogP contribution in [0, 0.1) is 23.3 Å². The second kappa shape index (κ2) is 17.6. The number of aryl methyl sites for hydroxylation is 1. The van der Waals surface area contributed by atoms with Gasteiger partial charge in [0.25, 0.3) is 0 Å². The lowest BCUT2D eigenvalue weighted by molar-refractivity contribution is -0.120. The van der Waals surface area contributed by atoms with Crippen LogP contribution in [0.15, 0.2) is 155 Å². The second-order valence-corrected chi connectivity index (χ2v) is 15.7. The average Bonchev–Trinajstić information content (AvgIpc) is 4.13. The average molecular weight is 885 g/mol. The third kappa shape index (κ3) is 8.71. The Hall–Kier alpha value is -8.52. The highest BCUT2D eigenvalue weighted by Crippen LogP contribution is 2.40. The number of carbonyl (C=O) groups excluding carboxylic acids is 2. The van der Waals surface area contributed by atoms with E-state index in [1.54, 1.807) is 30.5 Å². The number of oxazole rings is 2. The van der Waals surface area contributed by atoms with Crippen LogP contribution in [-0.2, 0) is 29.0 Å². The molecule has 0 radical (unpaired) electrons. The first-order valence-electron chi connectivity index (χ1n) is 20.9. The molecule has 14 heteroatoms. The van der Waals surface area contributed by atoms with E-state index in [2.05, 4.69) is 30.6 Å². The van der Waals surface area contributed by atoms with Gasteiger partial charge in [0.15, 0.2) is 11.5 Å². The molecular formula is C52H36F4N6O4. The Morgan fingerprint density at radius 1 is 0.530 bits per heavy atom. The largest absolute Gasteiger partial charge is 0.438 e. The molecule has 6 aromatic carbocycles. The molecule has 0 spiro atoms. The fourth-order valence-electron chi connectivity index (χ4n) is 8.10. The molecule has 2 amide bonds. The summed E-state index contributed by atoms with van der Waals surface area (Å²) in [4.78, 5) is 41.8. The molecule has 10 nitrogen and oxygen atoms in total. The zero-order valence-electron chi connectivity index (χ0n) is 34.7. The summed E-state index contributed by atoms with van der Waals surface area (Å²) in [6.45, 7) is -0.128. The number of aromatic nitrogens is 4. The molecule has 326 valence electrons. The number of benzene rings is 6. The van der Waals surface area contributed by atoms with Crippen LogP contribution >= 0.6 is 0 Å². The van der Waals surface area contributed by atoms with Crippen LogP contribution in [0.4, 0.5) is 23.6 Å². The number of aromatic amines is 2. The monoisotopic (exact) mass is 884 g/mol. The van der Waals surface area contributed by atoms with Gasteiger partial charge in [-0.25, -0.2) is 22.5 Å². The SMILES string of the molecule is O=C(Cc1c[nH]c2ccccc12)NCc1nc(-c2cccc(F)c2)c(-c2cc(F)cc(-c3cc(F)cc(-c4nc(NC(=O)CCc5c[nH]c6ccccc56)oc4-c4cccc(F)c4)c3)c2)o1. The summed E-state index contributed by atoms with van der Waals surface area (Å²) >= 11 is 0. The first kappa shape index (κ1) is 41.5. The number of carbonyl (C=O) groups is 2. The van der Waals surface area contributed by atoms with Crippen LogP contribution in [0.3, 0.4) is 0 Å². The van der Waals surface area contributed by atoms with Gasteiger partial charge in [0.1, 0.15) is 34.7 Å². The van der Waals surface area contributed by atoms with Gasteiger partial charge in [-0.3, -0.25) is 14.9 Å². The van der Waals surface area contributed by atoms with Crippen LogP contribution in [0.5, 0.6) is 0 Å². The van der Waals surface area contributed by atoms with Crippen molar-refractivity contribution in [3.8, 4) is 56.3 Å². The number of amides is 2. The van der Waals surface area contributed by atoms with Crippen molar-refractivity contribution in [2.24, 2.45) is 0 Å². The van der Waals surface area contributed by atoms with E-state index >= 15 is 8.78 Å². The van der Waals surface area contributed by atoms with E-state index in [9.17, 15) is 18.4 Å². The molecule has 4 aromatic heterocycles. The van der Waals surface area contributed by atoms with Crippen LogP contribution in [0.2, 0.25) is 0 Å². The van der Waals surface area contributed by atoms with Gasteiger partial charge in [-0.05, 0) is 101 Å². The minimum atomic E-state index is -0.711. The standard InChI is InChI=1S/C52H36F4N6O4/c53-37-9-5-7-29(19-37)48-51(65-47(61-48)28-59-46(64)25-36-27-58-44-14-4-2-12-42(36)44)35-18-33(22-40(56)24-35)32-17-34(23-39(55)21-32)49-50(30-8-6-10-38(54)20-30)66-52(62-49)60-45(63)16-15-31-26-57-43-13-3-1-11-41(31)43/h1-14,17-24,26-27,57-58H,15-16,25,28H2,(H,59,64)(H,60,62,63). The molecule has 0 unspecified atom stereocenters. The summed E-state index contributed by atoms with van der Waals surface area (Å²) in [5.74, 6) is -3.01. The van der Waals surface area contributed by atoms with Crippen molar-refractivity contribution >= 4 is 39.6 Å². The van der Waals surface area contributed by atoms with Gasteiger partial charge in [0, 0.05) is 62.9 Å². The van der Waals surface area contributed by atoms with Crippen LogP contribution in [-0.4, -0.2) is 31.8 Å². The lowest BCUT2D eigenvalue weighted by Gasteiger charge is -2.09. The van der Waals surface area contributed by atoms with Crippen molar-refractivity contribution in [3.05, 3.63) is 186 Å². The molecular weight excluding hydrogens is 849 g/mol. The summed E-state index contributed by atoms with van der Waals surface area (Å²) in [5, 5.41) is 7.43. The van der Waals surface area contributed by atoms with Crippen LogP contribution < -0.4 is 10.6 Å². The van der Waals surface area contributed by atoms with Gasteiger partial charge in [0.05, 0.1) is 13.0 Å². The number of H-pyrrole nitrogens is 2. The summed E-state index contributed by atoms with van der Waals surface area (Å²) in [5.41, 5.74) is 5.31. The van der Waals surface area contributed by atoms with E-state index in [1.807, 2.05) is 54.7 Å². The molecule has 0 aliphatic heterocycles.